The fourth-order valence-electron chi connectivity index (χ4n) is 2.89. The van der Waals surface area contributed by atoms with Gasteiger partial charge < -0.3 is 20.1 Å². The van der Waals surface area contributed by atoms with Gasteiger partial charge in [-0.15, -0.1) is 0 Å². The second kappa shape index (κ2) is 9.54. The molecule has 0 saturated carbocycles. The van der Waals surface area contributed by atoms with Gasteiger partial charge in [0.25, 0.3) is 10.0 Å². The monoisotopic (exact) mass is 467 g/mol. The number of aromatic nitrogens is 1. The minimum absolute atomic E-state index is 0.0470. The second-order valence-corrected chi connectivity index (χ2v) is 8.92. The first-order valence-corrected chi connectivity index (χ1v) is 11.2. The molecular weight excluding hydrogens is 445 g/mol. The Kier molecular flexibility index (Phi) is 7.04. The van der Waals surface area contributed by atoms with Gasteiger partial charge in [0.05, 0.1) is 22.1 Å². The summed E-state index contributed by atoms with van der Waals surface area (Å²) in [4.78, 5) is 1.44. The first kappa shape index (κ1) is 22.9. The van der Waals surface area contributed by atoms with Gasteiger partial charge in [0.2, 0.25) is 0 Å². The number of nitrogens with one attached hydrogen (secondary N) is 3. The Morgan fingerprint density at radius 1 is 1.19 bits per heavy atom. The molecule has 0 atom stereocenters. The molecule has 0 spiro atoms. The number of likely N-dealkylation sites (N-methyl/N-ethyl adjacent to an activating group) is 2. The van der Waals surface area contributed by atoms with Crippen LogP contribution >= 0.6 is 11.6 Å². The minimum atomic E-state index is -4.25. The van der Waals surface area contributed by atoms with E-state index in [0.717, 1.165) is 30.9 Å². The van der Waals surface area contributed by atoms with Crippen LogP contribution in [0.5, 0.6) is 0 Å². The quantitative estimate of drug-likeness (QED) is 0.437. The maximum atomic E-state index is 14.8. The fraction of sp³-hybridized carbons (Fsp3) is 0.250. The molecule has 1 heterocycles. The normalized spacial score (nSPS) is 11.4. The predicted octanol–water partition coefficient (Wildman–Crippen LogP) is 3.98. The summed E-state index contributed by atoms with van der Waals surface area (Å²) in [6, 6.07) is 11.0. The molecular formula is C20H23ClFN5O3S. The van der Waals surface area contributed by atoms with Gasteiger partial charge in [-0.3, -0.25) is 4.72 Å². The van der Waals surface area contributed by atoms with Crippen LogP contribution in [-0.2, 0) is 10.0 Å². The molecule has 0 bridgehead atoms. The van der Waals surface area contributed by atoms with Crippen molar-refractivity contribution < 1.29 is 17.3 Å². The highest BCUT2D eigenvalue weighted by atomic mass is 35.5. The van der Waals surface area contributed by atoms with Crippen LogP contribution in [0.3, 0.4) is 0 Å². The standard InChI is InChI=1S/C20H23ClFN5O3S/c1-13-10-20(25-30-13)26-31(28,29)19-11-14(21)17(12-15(19)22)24-16-6-4-5-7-18(16)27(3)9-8-23-2/h4-7,10-12,23-24H,8-9H2,1-3H3,(H,25,26). The van der Waals surface area contributed by atoms with Crippen LogP contribution in [0.15, 0.2) is 51.9 Å². The van der Waals surface area contributed by atoms with Crippen molar-refractivity contribution >= 4 is 44.5 Å². The third-order valence-corrected chi connectivity index (χ3v) is 6.14. The Hall–Kier alpha value is -2.82. The van der Waals surface area contributed by atoms with Crippen LogP contribution in [0.4, 0.5) is 27.3 Å². The summed E-state index contributed by atoms with van der Waals surface area (Å²) in [5.41, 5.74) is 1.83. The molecule has 0 amide bonds. The Bertz CT molecular complexity index is 1170. The van der Waals surface area contributed by atoms with Crippen LogP contribution < -0.4 is 20.3 Å². The van der Waals surface area contributed by atoms with E-state index in [4.69, 9.17) is 16.1 Å². The van der Waals surface area contributed by atoms with Crippen LogP contribution in [0.2, 0.25) is 5.02 Å². The molecule has 0 aliphatic carbocycles. The Morgan fingerprint density at radius 2 is 1.94 bits per heavy atom. The Morgan fingerprint density at radius 3 is 2.61 bits per heavy atom. The van der Waals surface area contributed by atoms with Gasteiger partial charge >= 0.3 is 0 Å². The van der Waals surface area contributed by atoms with Crippen molar-refractivity contribution in [2.45, 2.75) is 11.8 Å². The molecule has 3 rings (SSSR count). The summed E-state index contributed by atoms with van der Waals surface area (Å²) < 4.78 is 46.9. The highest BCUT2D eigenvalue weighted by molar-refractivity contribution is 7.92. The van der Waals surface area contributed by atoms with Crippen molar-refractivity contribution in [1.29, 1.82) is 0 Å². The highest BCUT2D eigenvalue weighted by Crippen LogP contribution is 2.34. The molecule has 2 aromatic carbocycles. The number of benzene rings is 2. The number of anilines is 4. The van der Waals surface area contributed by atoms with Gasteiger partial charge in [0.1, 0.15) is 16.5 Å². The third kappa shape index (κ3) is 5.46. The number of sulfonamides is 1. The average molecular weight is 468 g/mol. The first-order valence-electron chi connectivity index (χ1n) is 9.38. The number of rotatable bonds is 9. The molecule has 3 N–H and O–H groups in total. The first-order chi connectivity index (χ1) is 14.7. The number of hydrogen-bond donors (Lipinski definition) is 3. The van der Waals surface area contributed by atoms with Gasteiger partial charge in [-0.1, -0.05) is 28.9 Å². The number of halogens is 2. The number of nitrogens with zero attached hydrogens (tertiary/aromatic N) is 2. The summed E-state index contributed by atoms with van der Waals surface area (Å²) in [5, 5.41) is 9.79. The molecule has 3 aromatic rings. The predicted molar refractivity (Wildman–Crippen MR) is 120 cm³/mol. The van der Waals surface area contributed by atoms with Gasteiger partial charge in [0, 0.05) is 32.3 Å². The third-order valence-electron chi connectivity index (χ3n) is 4.46. The van der Waals surface area contributed by atoms with E-state index in [9.17, 15) is 12.8 Å². The molecule has 11 heteroatoms. The van der Waals surface area contributed by atoms with Crippen molar-refractivity contribution in [3.63, 3.8) is 0 Å². The number of para-hydroxylation sites is 2. The lowest BCUT2D eigenvalue weighted by Crippen LogP contribution is -2.27. The molecule has 0 saturated heterocycles. The number of hydrogen-bond acceptors (Lipinski definition) is 7. The van der Waals surface area contributed by atoms with E-state index in [1.807, 2.05) is 43.3 Å². The molecule has 0 radical (unpaired) electrons. The van der Waals surface area contributed by atoms with Crippen molar-refractivity contribution in [2.75, 3.05) is 42.1 Å². The zero-order valence-corrected chi connectivity index (χ0v) is 18.8. The summed E-state index contributed by atoms with van der Waals surface area (Å²) in [6.45, 7) is 3.14. The SMILES string of the molecule is CNCCN(C)c1ccccc1Nc1cc(F)c(S(=O)(=O)Nc2cc(C)on2)cc1Cl. The van der Waals surface area contributed by atoms with E-state index in [-0.39, 0.29) is 16.5 Å². The van der Waals surface area contributed by atoms with Crippen molar-refractivity contribution in [3.8, 4) is 0 Å². The van der Waals surface area contributed by atoms with E-state index < -0.39 is 20.7 Å². The zero-order valence-electron chi connectivity index (χ0n) is 17.2. The summed E-state index contributed by atoms with van der Waals surface area (Å²) >= 11 is 6.30. The van der Waals surface area contributed by atoms with E-state index in [0.29, 0.717) is 11.4 Å². The fourth-order valence-corrected chi connectivity index (χ4v) is 4.24. The summed E-state index contributed by atoms with van der Waals surface area (Å²) in [6.07, 6.45) is 0. The molecule has 0 unspecified atom stereocenters. The van der Waals surface area contributed by atoms with Crippen LogP contribution in [-0.4, -0.2) is 40.8 Å². The van der Waals surface area contributed by atoms with Gasteiger partial charge in [-0.25, -0.2) is 12.8 Å². The molecule has 1 aromatic heterocycles. The van der Waals surface area contributed by atoms with Crippen LogP contribution in [0.25, 0.3) is 0 Å². The second-order valence-electron chi connectivity index (χ2n) is 6.86. The van der Waals surface area contributed by atoms with Crippen LogP contribution in [0.1, 0.15) is 5.76 Å². The average Bonchev–Trinajstić information content (AvgIpc) is 3.12. The lowest BCUT2D eigenvalue weighted by atomic mass is 10.2. The van der Waals surface area contributed by atoms with Crippen LogP contribution in [0, 0.1) is 12.7 Å². The molecule has 8 nitrogen and oxygen atoms in total. The molecule has 166 valence electrons. The molecule has 0 aliphatic rings. The van der Waals surface area contributed by atoms with E-state index in [2.05, 4.69) is 20.5 Å². The van der Waals surface area contributed by atoms with Gasteiger partial charge in [-0.2, -0.15) is 0 Å². The maximum absolute atomic E-state index is 14.8. The van der Waals surface area contributed by atoms with Crippen molar-refractivity contribution in [2.24, 2.45) is 0 Å². The smallest absolute Gasteiger partial charge is 0.266 e. The lowest BCUT2D eigenvalue weighted by Gasteiger charge is -2.23. The van der Waals surface area contributed by atoms with Gasteiger partial charge in [-0.05, 0) is 32.2 Å². The summed E-state index contributed by atoms with van der Waals surface area (Å²) in [5.74, 6) is -0.594. The maximum Gasteiger partial charge on any atom is 0.266 e. The largest absolute Gasteiger partial charge is 0.372 e. The van der Waals surface area contributed by atoms with Crippen molar-refractivity contribution in [3.05, 3.63) is 59.1 Å². The van der Waals surface area contributed by atoms with E-state index in [1.165, 1.54) is 6.07 Å². The Balaban J connectivity index is 1.88. The van der Waals surface area contributed by atoms with E-state index in [1.54, 1.807) is 6.92 Å². The topological polar surface area (TPSA) is 99.5 Å². The molecule has 0 aliphatic heterocycles. The van der Waals surface area contributed by atoms with Gasteiger partial charge in [0.15, 0.2) is 5.82 Å². The Labute approximate surface area is 185 Å². The zero-order chi connectivity index (χ0) is 22.6. The molecule has 31 heavy (non-hydrogen) atoms. The lowest BCUT2D eigenvalue weighted by molar-refractivity contribution is 0.400. The minimum Gasteiger partial charge on any atom is -0.372 e. The van der Waals surface area contributed by atoms with E-state index >= 15 is 0 Å². The highest BCUT2D eigenvalue weighted by Gasteiger charge is 2.23. The summed E-state index contributed by atoms with van der Waals surface area (Å²) in [7, 11) is -0.442. The number of aryl methyl sites for hydroxylation is 1. The molecule has 0 fully saturated rings. The van der Waals surface area contributed by atoms with Crippen molar-refractivity contribution in [1.82, 2.24) is 10.5 Å².